The van der Waals surface area contributed by atoms with Crippen molar-refractivity contribution in [3.8, 4) is 11.5 Å². The van der Waals surface area contributed by atoms with Crippen molar-refractivity contribution in [2.75, 3.05) is 34.0 Å². The summed E-state index contributed by atoms with van der Waals surface area (Å²) in [5, 5.41) is 4.18. The summed E-state index contributed by atoms with van der Waals surface area (Å²) in [5.41, 5.74) is 2.03. The van der Waals surface area contributed by atoms with Crippen LogP contribution in [-0.2, 0) is 29.5 Å². The number of nitrogens with zero attached hydrogens (tertiary/aromatic N) is 3. The molecule has 0 fully saturated rings. The number of carbonyl (C=O) groups excluding carboxylic acids is 1. The van der Waals surface area contributed by atoms with E-state index in [1.807, 2.05) is 36.3 Å². The molecule has 7 nitrogen and oxygen atoms in total. The molecule has 3 rings (SSSR count). The maximum atomic E-state index is 13.1. The SMILES string of the molecule is COCCN(Cc1cnn(C)c1)C(=O)[C@H]1COc2cc(OC)ccc2C1. The molecule has 0 bridgehead atoms. The van der Waals surface area contributed by atoms with E-state index in [1.54, 1.807) is 25.1 Å². The van der Waals surface area contributed by atoms with Gasteiger partial charge in [0.1, 0.15) is 18.1 Å². The lowest BCUT2D eigenvalue weighted by Gasteiger charge is -2.30. The van der Waals surface area contributed by atoms with Crippen molar-refractivity contribution >= 4 is 5.91 Å². The third-order valence-corrected chi connectivity index (χ3v) is 4.54. The second-order valence-electron chi connectivity index (χ2n) is 6.46. The average molecular weight is 359 g/mol. The zero-order valence-corrected chi connectivity index (χ0v) is 15.5. The number of fused-ring (bicyclic) bond motifs is 1. The number of hydrogen-bond donors (Lipinski definition) is 0. The number of rotatable bonds is 7. The molecule has 1 aliphatic heterocycles. The molecule has 2 heterocycles. The highest BCUT2D eigenvalue weighted by molar-refractivity contribution is 5.80. The molecule has 1 aromatic heterocycles. The number of ether oxygens (including phenoxy) is 3. The smallest absolute Gasteiger partial charge is 0.229 e. The minimum Gasteiger partial charge on any atom is -0.497 e. The van der Waals surface area contributed by atoms with Gasteiger partial charge in [-0.1, -0.05) is 6.07 Å². The fourth-order valence-electron chi connectivity index (χ4n) is 3.14. The monoisotopic (exact) mass is 359 g/mol. The average Bonchev–Trinajstić information content (AvgIpc) is 3.08. The molecule has 1 aliphatic rings. The molecule has 1 amide bonds. The zero-order chi connectivity index (χ0) is 18.5. The number of methoxy groups -OCH3 is 2. The van der Waals surface area contributed by atoms with E-state index in [2.05, 4.69) is 5.10 Å². The predicted octanol–water partition coefficient (Wildman–Crippen LogP) is 1.65. The van der Waals surface area contributed by atoms with Crippen LogP contribution in [0, 0.1) is 5.92 Å². The fraction of sp³-hybridized carbons (Fsp3) is 0.474. The number of carbonyl (C=O) groups is 1. The first-order valence-electron chi connectivity index (χ1n) is 8.65. The quantitative estimate of drug-likeness (QED) is 0.752. The molecule has 0 radical (unpaired) electrons. The van der Waals surface area contributed by atoms with Crippen LogP contribution in [0.5, 0.6) is 11.5 Å². The molecular weight excluding hydrogens is 334 g/mol. The Labute approximate surface area is 153 Å². The fourth-order valence-corrected chi connectivity index (χ4v) is 3.14. The summed E-state index contributed by atoms with van der Waals surface area (Å²) < 4.78 is 18.0. The van der Waals surface area contributed by atoms with Crippen LogP contribution in [0.1, 0.15) is 11.1 Å². The van der Waals surface area contributed by atoms with Gasteiger partial charge >= 0.3 is 0 Å². The van der Waals surface area contributed by atoms with E-state index in [0.717, 1.165) is 22.6 Å². The Bertz CT molecular complexity index is 759. The highest BCUT2D eigenvalue weighted by Crippen LogP contribution is 2.31. The molecule has 7 heteroatoms. The van der Waals surface area contributed by atoms with Crippen molar-refractivity contribution in [3.63, 3.8) is 0 Å². The number of aryl methyl sites for hydroxylation is 1. The molecular formula is C19H25N3O4. The second kappa shape index (κ2) is 8.23. The molecule has 140 valence electrons. The lowest BCUT2D eigenvalue weighted by Crippen LogP contribution is -2.41. The molecule has 2 aromatic rings. The molecule has 0 N–H and O–H groups in total. The summed E-state index contributed by atoms with van der Waals surface area (Å²) in [6.07, 6.45) is 4.37. The summed E-state index contributed by atoms with van der Waals surface area (Å²) in [4.78, 5) is 14.9. The highest BCUT2D eigenvalue weighted by Gasteiger charge is 2.30. The minimum atomic E-state index is -0.204. The van der Waals surface area contributed by atoms with Crippen molar-refractivity contribution in [1.82, 2.24) is 14.7 Å². The third kappa shape index (κ3) is 4.16. The zero-order valence-electron chi connectivity index (χ0n) is 15.5. The van der Waals surface area contributed by atoms with Gasteiger partial charge in [-0.2, -0.15) is 5.10 Å². The molecule has 0 unspecified atom stereocenters. The Morgan fingerprint density at radius 1 is 1.42 bits per heavy atom. The highest BCUT2D eigenvalue weighted by atomic mass is 16.5. The Balaban J connectivity index is 1.71. The van der Waals surface area contributed by atoms with Gasteiger partial charge in [0.15, 0.2) is 0 Å². The molecule has 0 saturated heterocycles. The Kier molecular flexibility index (Phi) is 5.78. The molecule has 26 heavy (non-hydrogen) atoms. The van der Waals surface area contributed by atoms with Gasteiger partial charge in [0.05, 0.1) is 25.8 Å². The van der Waals surface area contributed by atoms with Crippen molar-refractivity contribution in [2.24, 2.45) is 13.0 Å². The Hall–Kier alpha value is -2.54. The van der Waals surface area contributed by atoms with E-state index in [4.69, 9.17) is 14.2 Å². The van der Waals surface area contributed by atoms with Crippen molar-refractivity contribution in [1.29, 1.82) is 0 Å². The van der Waals surface area contributed by atoms with Gasteiger partial charge in [0, 0.05) is 45.1 Å². The van der Waals surface area contributed by atoms with Crippen LogP contribution >= 0.6 is 0 Å². The first-order valence-corrected chi connectivity index (χ1v) is 8.65. The van der Waals surface area contributed by atoms with E-state index in [0.29, 0.717) is 32.7 Å². The van der Waals surface area contributed by atoms with Crippen LogP contribution in [0.2, 0.25) is 0 Å². The van der Waals surface area contributed by atoms with E-state index in [-0.39, 0.29) is 11.8 Å². The Morgan fingerprint density at radius 2 is 2.27 bits per heavy atom. The van der Waals surface area contributed by atoms with E-state index in [9.17, 15) is 4.79 Å². The third-order valence-electron chi connectivity index (χ3n) is 4.54. The maximum Gasteiger partial charge on any atom is 0.229 e. The number of amides is 1. The lowest BCUT2D eigenvalue weighted by molar-refractivity contribution is -0.138. The van der Waals surface area contributed by atoms with E-state index in [1.165, 1.54) is 0 Å². The normalized spacial score (nSPS) is 15.9. The molecule has 1 atom stereocenters. The number of hydrogen-bond acceptors (Lipinski definition) is 5. The van der Waals surface area contributed by atoms with Gasteiger partial charge in [0.25, 0.3) is 0 Å². The molecule has 0 saturated carbocycles. The standard InChI is InChI=1S/C19H25N3O4/c1-21-11-14(10-20-21)12-22(6-7-24-2)19(23)16-8-15-4-5-17(25-3)9-18(15)26-13-16/h4-5,9-11,16H,6-8,12-13H2,1-3H3/t16-/m1/s1. The summed E-state index contributed by atoms with van der Waals surface area (Å²) >= 11 is 0. The van der Waals surface area contributed by atoms with E-state index >= 15 is 0 Å². The van der Waals surface area contributed by atoms with Gasteiger partial charge in [-0.3, -0.25) is 9.48 Å². The van der Waals surface area contributed by atoms with Crippen molar-refractivity contribution < 1.29 is 19.0 Å². The van der Waals surface area contributed by atoms with Crippen molar-refractivity contribution in [2.45, 2.75) is 13.0 Å². The predicted molar refractivity (Wildman–Crippen MR) is 96.2 cm³/mol. The van der Waals surface area contributed by atoms with Crippen LogP contribution in [0.15, 0.2) is 30.6 Å². The van der Waals surface area contributed by atoms with Crippen LogP contribution in [0.4, 0.5) is 0 Å². The van der Waals surface area contributed by atoms with Gasteiger partial charge in [-0.25, -0.2) is 0 Å². The Morgan fingerprint density at radius 3 is 2.96 bits per heavy atom. The van der Waals surface area contributed by atoms with Crippen LogP contribution in [0.3, 0.4) is 0 Å². The van der Waals surface area contributed by atoms with Crippen LogP contribution in [0.25, 0.3) is 0 Å². The molecule has 0 aliphatic carbocycles. The first-order chi connectivity index (χ1) is 12.6. The van der Waals surface area contributed by atoms with Gasteiger partial charge in [-0.05, 0) is 18.1 Å². The first kappa shape index (κ1) is 18.3. The molecule has 0 spiro atoms. The minimum absolute atomic E-state index is 0.0763. The van der Waals surface area contributed by atoms with Gasteiger partial charge in [-0.15, -0.1) is 0 Å². The second-order valence-corrected chi connectivity index (χ2v) is 6.46. The topological polar surface area (TPSA) is 65.8 Å². The van der Waals surface area contributed by atoms with Crippen LogP contribution < -0.4 is 9.47 Å². The maximum absolute atomic E-state index is 13.1. The largest absolute Gasteiger partial charge is 0.497 e. The van der Waals surface area contributed by atoms with E-state index < -0.39 is 0 Å². The summed E-state index contributed by atoms with van der Waals surface area (Å²) in [7, 11) is 5.13. The number of aromatic nitrogens is 2. The lowest BCUT2D eigenvalue weighted by atomic mass is 9.95. The van der Waals surface area contributed by atoms with Crippen molar-refractivity contribution in [3.05, 3.63) is 41.7 Å². The summed E-state index contributed by atoms with van der Waals surface area (Å²) in [6.45, 7) is 1.92. The molecule has 1 aromatic carbocycles. The van der Waals surface area contributed by atoms with Gasteiger partial charge in [0.2, 0.25) is 5.91 Å². The number of benzene rings is 1. The summed E-state index contributed by atoms with van der Waals surface area (Å²) in [5.74, 6) is 1.42. The van der Waals surface area contributed by atoms with Gasteiger partial charge < -0.3 is 19.1 Å². The summed E-state index contributed by atoms with van der Waals surface area (Å²) in [6, 6.07) is 5.73. The van der Waals surface area contributed by atoms with Crippen LogP contribution in [-0.4, -0.2) is 54.6 Å².